The number of amides is 2. The second-order valence-electron chi connectivity index (χ2n) is 5.90. The van der Waals surface area contributed by atoms with Crippen LogP contribution in [0.3, 0.4) is 0 Å². The molecule has 0 aliphatic carbocycles. The van der Waals surface area contributed by atoms with E-state index in [4.69, 9.17) is 4.74 Å². The minimum Gasteiger partial charge on any atom is -0.439 e. The van der Waals surface area contributed by atoms with Gasteiger partial charge in [-0.15, -0.1) is 0 Å². The summed E-state index contributed by atoms with van der Waals surface area (Å²) in [6.45, 7) is -0.485. The van der Waals surface area contributed by atoms with E-state index in [1.165, 1.54) is 6.08 Å². The van der Waals surface area contributed by atoms with Gasteiger partial charge in [0.25, 0.3) is 5.91 Å². The summed E-state index contributed by atoms with van der Waals surface area (Å²) in [5.41, 5.74) is 1.36. The number of hydrogen-bond donors (Lipinski definition) is 1. The topological polar surface area (TPSA) is 92.8 Å². The van der Waals surface area contributed by atoms with Crippen molar-refractivity contribution in [2.24, 2.45) is 0 Å². The lowest BCUT2D eigenvalue weighted by Crippen LogP contribution is -2.39. The maximum atomic E-state index is 12.5. The number of nitrogens with one attached hydrogen (secondary N) is 1. The number of carbonyl (C=O) groups is 2. The first-order chi connectivity index (χ1) is 12.9. The fourth-order valence-corrected chi connectivity index (χ4v) is 3.63. The van der Waals surface area contributed by atoms with Crippen molar-refractivity contribution in [3.05, 3.63) is 77.2 Å². The van der Waals surface area contributed by atoms with Gasteiger partial charge in [0.1, 0.15) is 0 Å². The van der Waals surface area contributed by atoms with E-state index in [9.17, 15) is 18.0 Å². The predicted octanol–water partition coefficient (Wildman–Crippen LogP) is 2.30. The summed E-state index contributed by atoms with van der Waals surface area (Å²) in [6, 6.07) is 16.9. The monoisotopic (exact) mass is 386 g/mol. The van der Waals surface area contributed by atoms with Crippen LogP contribution >= 0.6 is 0 Å². The first-order valence-corrected chi connectivity index (χ1v) is 9.77. The Labute approximate surface area is 157 Å². The number of hydrogen-bond acceptors (Lipinski definition) is 5. The molecule has 140 valence electrons. The largest absolute Gasteiger partial charge is 0.439 e. The van der Waals surface area contributed by atoms with Gasteiger partial charge in [0.2, 0.25) is 10.0 Å². The molecule has 1 saturated heterocycles. The Balaban J connectivity index is 1.81. The minimum absolute atomic E-state index is 0.153. The lowest BCUT2D eigenvalue weighted by Gasteiger charge is -2.22. The van der Waals surface area contributed by atoms with Crippen LogP contribution in [0.5, 0.6) is 0 Å². The van der Waals surface area contributed by atoms with E-state index >= 15 is 0 Å². The van der Waals surface area contributed by atoms with Gasteiger partial charge in [-0.05, 0) is 17.2 Å². The molecule has 2 aromatic carbocycles. The SMILES string of the molecule is O=C1COC(=O)N1C[C@H](NS(=O)(=O)/C=C/c1ccccc1)c1ccccc1. The van der Waals surface area contributed by atoms with Gasteiger partial charge < -0.3 is 4.74 Å². The first kappa shape index (κ1) is 18.8. The van der Waals surface area contributed by atoms with Gasteiger partial charge in [-0.3, -0.25) is 4.79 Å². The molecule has 2 amide bonds. The highest BCUT2D eigenvalue weighted by molar-refractivity contribution is 7.92. The Kier molecular flexibility index (Phi) is 5.68. The van der Waals surface area contributed by atoms with Crippen LogP contribution in [0.2, 0.25) is 0 Å². The molecule has 1 aliphatic rings. The van der Waals surface area contributed by atoms with Crippen molar-refractivity contribution in [2.75, 3.05) is 13.2 Å². The van der Waals surface area contributed by atoms with Crippen LogP contribution in [-0.4, -0.2) is 38.5 Å². The zero-order valence-electron chi connectivity index (χ0n) is 14.3. The molecule has 7 nitrogen and oxygen atoms in total. The molecule has 0 aromatic heterocycles. The second-order valence-corrected chi connectivity index (χ2v) is 7.50. The van der Waals surface area contributed by atoms with Crippen LogP contribution in [0.15, 0.2) is 66.1 Å². The van der Waals surface area contributed by atoms with Gasteiger partial charge >= 0.3 is 6.09 Å². The van der Waals surface area contributed by atoms with Gasteiger partial charge in [0, 0.05) is 5.41 Å². The van der Waals surface area contributed by atoms with E-state index in [2.05, 4.69) is 4.72 Å². The van der Waals surface area contributed by atoms with Gasteiger partial charge in [-0.1, -0.05) is 60.7 Å². The number of nitrogens with zero attached hydrogens (tertiary/aromatic N) is 1. The first-order valence-electron chi connectivity index (χ1n) is 8.22. The van der Waals surface area contributed by atoms with Crippen molar-refractivity contribution in [1.29, 1.82) is 0 Å². The Morgan fingerprint density at radius 3 is 2.26 bits per heavy atom. The molecule has 1 atom stereocenters. The Hall–Kier alpha value is -2.97. The highest BCUT2D eigenvalue weighted by Crippen LogP contribution is 2.19. The molecule has 0 saturated carbocycles. The standard InChI is InChI=1S/C19H18N2O5S/c22-18-14-26-19(23)21(18)13-17(16-9-5-2-6-10-16)20-27(24,25)12-11-15-7-3-1-4-8-15/h1-12,17,20H,13-14H2/b12-11+/t17-/m0/s1. The van der Waals surface area contributed by atoms with Gasteiger partial charge in [0.15, 0.2) is 6.61 Å². The Morgan fingerprint density at radius 2 is 1.67 bits per heavy atom. The smallest absolute Gasteiger partial charge is 0.417 e. The van der Waals surface area contributed by atoms with E-state index in [1.807, 2.05) is 6.07 Å². The van der Waals surface area contributed by atoms with Crippen LogP contribution in [0, 0.1) is 0 Å². The summed E-state index contributed by atoms with van der Waals surface area (Å²) in [6.07, 6.45) is 0.694. The molecule has 8 heteroatoms. The van der Waals surface area contributed by atoms with Gasteiger partial charge in [-0.25, -0.2) is 22.8 Å². The zero-order chi connectivity index (χ0) is 19.3. The van der Waals surface area contributed by atoms with E-state index in [0.29, 0.717) is 5.56 Å². The average molecular weight is 386 g/mol. The van der Waals surface area contributed by atoms with E-state index in [1.54, 1.807) is 54.6 Å². The molecule has 1 fully saturated rings. The van der Waals surface area contributed by atoms with Crippen molar-refractivity contribution in [1.82, 2.24) is 9.62 Å². The quantitative estimate of drug-likeness (QED) is 0.788. The van der Waals surface area contributed by atoms with Crippen molar-refractivity contribution >= 4 is 28.1 Å². The Bertz CT molecular complexity index is 927. The molecule has 1 N–H and O–H groups in total. The van der Waals surface area contributed by atoms with Crippen molar-refractivity contribution in [3.63, 3.8) is 0 Å². The Morgan fingerprint density at radius 1 is 1.04 bits per heavy atom. The van der Waals surface area contributed by atoms with Crippen LogP contribution in [0.4, 0.5) is 4.79 Å². The molecule has 1 aliphatic heterocycles. The summed E-state index contributed by atoms with van der Waals surface area (Å²) < 4.78 is 32.2. The minimum atomic E-state index is -3.82. The molecule has 1 heterocycles. The van der Waals surface area contributed by atoms with Crippen LogP contribution in [0.25, 0.3) is 6.08 Å². The second kappa shape index (κ2) is 8.15. The summed E-state index contributed by atoms with van der Waals surface area (Å²) in [5, 5.41) is 1.06. The van der Waals surface area contributed by atoms with Crippen LogP contribution < -0.4 is 4.72 Å². The number of imide groups is 1. The molecular weight excluding hydrogens is 368 g/mol. The van der Waals surface area contributed by atoms with Gasteiger partial charge in [-0.2, -0.15) is 0 Å². The van der Waals surface area contributed by atoms with Crippen molar-refractivity contribution < 1.29 is 22.7 Å². The number of carbonyl (C=O) groups excluding carboxylic acids is 2. The third kappa shape index (κ3) is 5.02. The molecule has 27 heavy (non-hydrogen) atoms. The zero-order valence-corrected chi connectivity index (χ0v) is 15.1. The summed E-state index contributed by atoms with van der Waals surface area (Å²) in [4.78, 5) is 24.4. The highest BCUT2D eigenvalue weighted by atomic mass is 32.2. The molecule has 0 bridgehead atoms. The fraction of sp³-hybridized carbons (Fsp3) is 0.158. The van der Waals surface area contributed by atoms with Gasteiger partial charge in [0.05, 0.1) is 12.6 Å². The van der Waals surface area contributed by atoms with E-state index in [-0.39, 0.29) is 13.2 Å². The fourth-order valence-electron chi connectivity index (χ4n) is 2.61. The highest BCUT2D eigenvalue weighted by Gasteiger charge is 2.34. The molecule has 0 unspecified atom stereocenters. The molecule has 3 rings (SSSR count). The van der Waals surface area contributed by atoms with Crippen molar-refractivity contribution in [2.45, 2.75) is 6.04 Å². The lowest BCUT2D eigenvalue weighted by molar-refractivity contribution is -0.126. The normalized spacial score (nSPS) is 15.9. The maximum Gasteiger partial charge on any atom is 0.417 e. The van der Waals surface area contributed by atoms with Crippen molar-refractivity contribution in [3.8, 4) is 0 Å². The number of ether oxygens (including phenoxy) is 1. The van der Waals surface area contributed by atoms with E-state index < -0.39 is 28.1 Å². The molecule has 2 aromatic rings. The number of cyclic esters (lactones) is 1. The molecular formula is C19H18N2O5S. The molecule has 0 radical (unpaired) electrons. The predicted molar refractivity (Wildman–Crippen MR) is 99.8 cm³/mol. The summed E-state index contributed by atoms with van der Waals surface area (Å²) in [5.74, 6) is -0.500. The lowest BCUT2D eigenvalue weighted by atomic mass is 10.1. The summed E-state index contributed by atoms with van der Waals surface area (Å²) >= 11 is 0. The molecule has 0 spiro atoms. The van der Waals surface area contributed by atoms with E-state index in [0.717, 1.165) is 15.9 Å². The average Bonchev–Trinajstić information content (AvgIpc) is 2.99. The summed E-state index contributed by atoms with van der Waals surface area (Å²) in [7, 11) is -3.82. The number of benzene rings is 2. The maximum absolute atomic E-state index is 12.5. The van der Waals surface area contributed by atoms with Crippen LogP contribution in [-0.2, 0) is 19.6 Å². The third-order valence-corrected chi connectivity index (χ3v) is 5.06. The van der Waals surface area contributed by atoms with Crippen LogP contribution in [0.1, 0.15) is 17.2 Å². The third-order valence-electron chi connectivity index (χ3n) is 3.95. The number of rotatable bonds is 7. The number of sulfonamides is 1.